The molecule has 0 unspecified atom stereocenters. The predicted octanol–water partition coefficient (Wildman–Crippen LogP) is 16.2. The Bertz CT molecular complexity index is 3760. The van der Waals surface area contributed by atoms with Gasteiger partial charge in [0.1, 0.15) is 22.3 Å². The smallest absolute Gasteiger partial charge is 0.139 e. The summed E-state index contributed by atoms with van der Waals surface area (Å²) in [4.78, 5) is 12.1. The van der Waals surface area contributed by atoms with Crippen molar-refractivity contribution in [1.29, 1.82) is 0 Å². The Balaban J connectivity index is 0.919. The molecule has 4 heterocycles. The van der Waals surface area contributed by atoms with Crippen LogP contribution in [-0.2, 0) is 0 Å². The topological polar surface area (TPSA) is 55.3 Å². The number of para-hydroxylation sites is 2. The molecule has 0 radical (unpaired) electrons. The van der Waals surface area contributed by atoms with E-state index in [-0.39, 0.29) is 0 Å². The quantitative estimate of drug-likeness (QED) is 0.157. The van der Waals surface area contributed by atoms with Crippen molar-refractivity contribution in [2.45, 2.75) is 0 Å². The number of benzene rings is 9. The molecule has 0 spiro atoms. The maximum atomic E-state index is 6.22. The van der Waals surface area contributed by atoms with E-state index in [4.69, 9.17) is 18.8 Å². The molecule has 0 atom stereocenters. The first-order chi connectivity index (χ1) is 31.2. The number of hydrogen-bond acceptors (Lipinski definition) is 5. The SMILES string of the molecule is c1ccc2cc(-c3ccc4c(ccc5cc(N(c6ccc(-c7nccc8oc9ccccc9c78)cc6)c6ccc(-c7nccc8oc9ccccc9c78)cc6)ccc54)c3)ccc2c1. The van der Waals surface area contributed by atoms with Crippen LogP contribution in [0.4, 0.5) is 17.1 Å². The van der Waals surface area contributed by atoms with Crippen LogP contribution < -0.4 is 4.90 Å². The molecule has 0 aliphatic heterocycles. The minimum atomic E-state index is 0.828. The van der Waals surface area contributed by atoms with Gasteiger partial charge in [-0.25, -0.2) is 0 Å². The van der Waals surface area contributed by atoms with Crippen LogP contribution in [0.25, 0.3) is 110 Å². The van der Waals surface area contributed by atoms with Crippen LogP contribution in [0, 0.1) is 0 Å². The highest BCUT2D eigenvalue weighted by Gasteiger charge is 2.19. The number of pyridine rings is 2. The van der Waals surface area contributed by atoms with E-state index in [0.29, 0.717) is 0 Å². The zero-order valence-electron chi connectivity index (χ0n) is 33.9. The summed E-state index contributed by atoms with van der Waals surface area (Å²) in [6.45, 7) is 0. The van der Waals surface area contributed by atoms with E-state index in [1.54, 1.807) is 0 Å². The third-order valence-corrected chi connectivity index (χ3v) is 12.5. The molecule has 63 heavy (non-hydrogen) atoms. The molecule has 0 N–H and O–H groups in total. The molecular formula is C58H35N3O2. The molecule has 0 aliphatic carbocycles. The highest BCUT2D eigenvalue weighted by Crippen LogP contribution is 2.42. The zero-order valence-corrected chi connectivity index (χ0v) is 33.9. The summed E-state index contributed by atoms with van der Waals surface area (Å²) in [5.41, 5.74) is 12.7. The number of nitrogens with zero attached hydrogens (tertiary/aromatic N) is 3. The van der Waals surface area contributed by atoms with E-state index in [2.05, 4.69) is 157 Å². The van der Waals surface area contributed by atoms with Crippen LogP contribution in [0.5, 0.6) is 0 Å². The average molecular weight is 806 g/mol. The van der Waals surface area contributed by atoms with Crippen molar-refractivity contribution in [2.24, 2.45) is 0 Å². The maximum Gasteiger partial charge on any atom is 0.139 e. The molecule has 4 aromatic heterocycles. The Morgan fingerprint density at radius 2 is 0.746 bits per heavy atom. The van der Waals surface area contributed by atoms with Gasteiger partial charge in [0.15, 0.2) is 0 Å². The van der Waals surface area contributed by atoms with Crippen molar-refractivity contribution in [3.05, 3.63) is 213 Å². The van der Waals surface area contributed by atoms with Gasteiger partial charge in [-0.2, -0.15) is 0 Å². The molecule has 13 rings (SSSR count). The van der Waals surface area contributed by atoms with Crippen LogP contribution in [0.2, 0.25) is 0 Å². The standard InChI is InChI=1S/C58H35N3O2/c1-2-8-39-33-40(14-13-36(39)7-1)41-21-27-47-42(34-41)15-16-43-35-46(26-28-48(43)47)61(44-22-17-37(18-23-44)57-55-49-9-3-5-11-51(49)62-53(55)29-31-59-57)45-24-19-38(20-25-45)58-56-50-10-4-6-12-52(50)63-54(56)30-32-60-58/h1-35H. The van der Waals surface area contributed by atoms with Gasteiger partial charge in [-0.3, -0.25) is 9.97 Å². The van der Waals surface area contributed by atoms with Crippen molar-refractivity contribution < 1.29 is 8.83 Å². The monoisotopic (exact) mass is 805 g/mol. The van der Waals surface area contributed by atoms with Crippen molar-refractivity contribution in [3.63, 3.8) is 0 Å². The van der Waals surface area contributed by atoms with Crippen molar-refractivity contribution >= 4 is 93.3 Å². The molecule has 0 saturated heterocycles. The van der Waals surface area contributed by atoms with Gasteiger partial charge in [0, 0.05) is 51.4 Å². The van der Waals surface area contributed by atoms with E-state index in [1.165, 1.54) is 43.4 Å². The fourth-order valence-corrected chi connectivity index (χ4v) is 9.51. The van der Waals surface area contributed by atoms with Gasteiger partial charge in [-0.1, -0.05) is 127 Å². The Morgan fingerprint density at radius 3 is 1.35 bits per heavy atom. The highest BCUT2D eigenvalue weighted by molar-refractivity contribution is 6.13. The zero-order chi connectivity index (χ0) is 41.4. The van der Waals surface area contributed by atoms with Gasteiger partial charge in [0.2, 0.25) is 0 Å². The lowest BCUT2D eigenvalue weighted by Gasteiger charge is -2.26. The largest absolute Gasteiger partial charge is 0.456 e. The van der Waals surface area contributed by atoms with Crippen molar-refractivity contribution in [3.8, 4) is 33.6 Å². The number of aromatic nitrogens is 2. The number of furan rings is 2. The van der Waals surface area contributed by atoms with Gasteiger partial charge >= 0.3 is 0 Å². The second-order valence-corrected chi connectivity index (χ2v) is 16.2. The molecule has 0 bridgehead atoms. The maximum absolute atomic E-state index is 6.22. The molecule has 0 saturated carbocycles. The van der Waals surface area contributed by atoms with E-state index in [0.717, 1.165) is 83.5 Å². The Morgan fingerprint density at radius 1 is 0.302 bits per heavy atom. The van der Waals surface area contributed by atoms with Gasteiger partial charge in [-0.05, 0) is 116 Å². The first kappa shape index (κ1) is 35.2. The second-order valence-electron chi connectivity index (χ2n) is 16.2. The first-order valence-electron chi connectivity index (χ1n) is 21.2. The van der Waals surface area contributed by atoms with Gasteiger partial charge in [0.05, 0.1) is 22.2 Å². The van der Waals surface area contributed by atoms with E-state index in [9.17, 15) is 0 Å². The van der Waals surface area contributed by atoms with Crippen molar-refractivity contribution in [1.82, 2.24) is 9.97 Å². The third-order valence-electron chi connectivity index (χ3n) is 12.5. The van der Waals surface area contributed by atoms with Crippen LogP contribution >= 0.6 is 0 Å². The van der Waals surface area contributed by atoms with Gasteiger partial charge < -0.3 is 13.7 Å². The molecule has 13 aromatic rings. The summed E-state index contributed by atoms with van der Waals surface area (Å²) in [7, 11) is 0. The summed E-state index contributed by atoms with van der Waals surface area (Å²) in [5, 5.41) is 11.5. The first-order valence-corrected chi connectivity index (χ1v) is 21.2. The number of rotatable bonds is 6. The minimum Gasteiger partial charge on any atom is -0.456 e. The normalized spacial score (nSPS) is 11.8. The summed E-state index contributed by atoms with van der Waals surface area (Å²) >= 11 is 0. The molecule has 5 nitrogen and oxygen atoms in total. The summed E-state index contributed by atoms with van der Waals surface area (Å²) in [6.07, 6.45) is 3.65. The lowest BCUT2D eigenvalue weighted by atomic mass is 9.96. The summed E-state index contributed by atoms with van der Waals surface area (Å²) in [5.74, 6) is 0. The van der Waals surface area contributed by atoms with Crippen LogP contribution in [0.15, 0.2) is 221 Å². The Kier molecular flexibility index (Phi) is 7.84. The minimum absolute atomic E-state index is 0.828. The average Bonchev–Trinajstić information content (AvgIpc) is 3.93. The Hall–Kier alpha value is -8.54. The van der Waals surface area contributed by atoms with E-state index in [1.807, 2.05) is 60.9 Å². The lowest BCUT2D eigenvalue weighted by molar-refractivity contribution is 0.668. The molecule has 0 amide bonds. The second kappa shape index (κ2) is 14.0. The molecule has 9 aromatic carbocycles. The lowest BCUT2D eigenvalue weighted by Crippen LogP contribution is -2.10. The van der Waals surface area contributed by atoms with Gasteiger partial charge in [-0.15, -0.1) is 0 Å². The molecule has 294 valence electrons. The van der Waals surface area contributed by atoms with Gasteiger partial charge in [0.25, 0.3) is 0 Å². The number of fused-ring (bicyclic) bond motifs is 10. The van der Waals surface area contributed by atoms with E-state index < -0.39 is 0 Å². The van der Waals surface area contributed by atoms with Crippen LogP contribution in [0.3, 0.4) is 0 Å². The van der Waals surface area contributed by atoms with E-state index >= 15 is 0 Å². The van der Waals surface area contributed by atoms with Crippen molar-refractivity contribution in [2.75, 3.05) is 4.90 Å². The molecule has 0 fully saturated rings. The summed E-state index contributed by atoms with van der Waals surface area (Å²) in [6, 6.07) is 71.0. The fraction of sp³-hybridized carbons (Fsp3) is 0. The third kappa shape index (κ3) is 5.78. The predicted molar refractivity (Wildman–Crippen MR) is 260 cm³/mol. The van der Waals surface area contributed by atoms with Crippen LogP contribution in [0.1, 0.15) is 0 Å². The number of hydrogen-bond donors (Lipinski definition) is 0. The Labute approximate surface area is 361 Å². The highest BCUT2D eigenvalue weighted by atomic mass is 16.3. The fourth-order valence-electron chi connectivity index (χ4n) is 9.51. The number of anilines is 3. The molecule has 0 aliphatic rings. The molecule has 5 heteroatoms. The molecular weight excluding hydrogens is 771 g/mol. The summed E-state index contributed by atoms with van der Waals surface area (Å²) < 4.78 is 12.4. The van der Waals surface area contributed by atoms with Crippen LogP contribution in [-0.4, -0.2) is 9.97 Å².